The van der Waals surface area contributed by atoms with Crippen LogP contribution in [-0.2, 0) is 0 Å². The maximum absolute atomic E-state index is 12.2. The third-order valence-electron chi connectivity index (χ3n) is 2.87. The molecule has 7 nitrogen and oxygen atoms in total. The molecular formula is C13H15N3O4. The number of amides is 1. The minimum absolute atomic E-state index is 0.0519. The number of aliphatic hydroxyl groups is 2. The van der Waals surface area contributed by atoms with E-state index in [0.717, 1.165) is 0 Å². The molecule has 0 aromatic carbocycles. The van der Waals surface area contributed by atoms with Crippen molar-refractivity contribution in [1.29, 1.82) is 0 Å². The summed E-state index contributed by atoms with van der Waals surface area (Å²) in [5.74, 6) is -0.552. The average Bonchev–Trinajstić information content (AvgIpc) is 2.47. The number of aliphatic hydroxyl groups excluding tert-OH is 2. The lowest BCUT2D eigenvalue weighted by Gasteiger charge is -2.20. The quantitative estimate of drug-likeness (QED) is 0.740. The highest BCUT2D eigenvalue weighted by Gasteiger charge is 2.19. The van der Waals surface area contributed by atoms with Crippen LogP contribution in [0.15, 0.2) is 35.4 Å². The third-order valence-corrected chi connectivity index (χ3v) is 2.87. The van der Waals surface area contributed by atoms with Crippen LogP contribution >= 0.6 is 0 Å². The largest absolute Gasteiger partial charge is 0.395 e. The van der Waals surface area contributed by atoms with Gasteiger partial charge in [0.1, 0.15) is 11.2 Å². The lowest BCUT2D eigenvalue weighted by atomic mass is 10.2. The average molecular weight is 277 g/mol. The highest BCUT2D eigenvalue weighted by atomic mass is 16.3. The number of hydrogen-bond donors (Lipinski definition) is 2. The number of aromatic nitrogens is 2. The van der Waals surface area contributed by atoms with E-state index in [1.54, 1.807) is 18.2 Å². The van der Waals surface area contributed by atoms with Crippen LogP contribution in [0, 0.1) is 0 Å². The fraction of sp³-hybridized carbons (Fsp3) is 0.308. The maximum atomic E-state index is 12.2. The molecule has 0 saturated heterocycles. The van der Waals surface area contributed by atoms with E-state index in [9.17, 15) is 9.59 Å². The first-order valence-electron chi connectivity index (χ1n) is 6.16. The Morgan fingerprint density at radius 2 is 1.95 bits per heavy atom. The third kappa shape index (κ3) is 2.68. The smallest absolute Gasteiger partial charge is 0.270 e. The van der Waals surface area contributed by atoms with Crippen LogP contribution in [0.3, 0.4) is 0 Å². The number of pyridine rings is 1. The monoisotopic (exact) mass is 277 g/mol. The van der Waals surface area contributed by atoms with Gasteiger partial charge in [-0.2, -0.15) is 0 Å². The molecule has 0 radical (unpaired) electrons. The molecule has 0 atom stereocenters. The molecule has 0 aliphatic carbocycles. The first-order chi connectivity index (χ1) is 9.69. The zero-order chi connectivity index (χ0) is 14.5. The van der Waals surface area contributed by atoms with Gasteiger partial charge in [-0.1, -0.05) is 6.07 Å². The lowest BCUT2D eigenvalue weighted by molar-refractivity contribution is 0.0682. The van der Waals surface area contributed by atoms with Crippen molar-refractivity contribution in [1.82, 2.24) is 14.3 Å². The summed E-state index contributed by atoms with van der Waals surface area (Å²) in [6, 6.07) is 5.07. The maximum Gasteiger partial charge on any atom is 0.270 e. The Kier molecular flexibility index (Phi) is 4.44. The predicted octanol–water partition coefficient (Wildman–Crippen LogP) is -0.879. The van der Waals surface area contributed by atoms with Crippen LogP contribution < -0.4 is 5.56 Å². The van der Waals surface area contributed by atoms with Gasteiger partial charge in [0, 0.05) is 25.5 Å². The molecule has 2 rings (SSSR count). The van der Waals surface area contributed by atoms with Crippen LogP contribution in [0.2, 0.25) is 0 Å². The molecule has 2 heterocycles. The second-order valence-electron chi connectivity index (χ2n) is 4.15. The first-order valence-corrected chi connectivity index (χ1v) is 6.16. The summed E-state index contributed by atoms with van der Waals surface area (Å²) < 4.78 is 1.28. The second kappa shape index (κ2) is 6.27. The van der Waals surface area contributed by atoms with Crippen molar-refractivity contribution in [3.63, 3.8) is 0 Å². The number of carbonyl (C=O) groups is 1. The van der Waals surface area contributed by atoms with Gasteiger partial charge in [-0.25, -0.2) is 4.98 Å². The van der Waals surface area contributed by atoms with E-state index in [1.165, 1.54) is 21.7 Å². The highest BCUT2D eigenvalue weighted by Crippen LogP contribution is 2.02. The van der Waals surface area contributed by atoms with Gasteiger partial charge in [0.05, 0.1) is 13.2 Å². The molecule has 0 spiro atoms. The minimum atomic E-state index is -0.552. The standard InChI is InChI=1S/C13H15N3O4/c17-7-5-15(6-8-18)12(19)10-9-14-11-3-1-2-4-16(11)13(10)20/h1-4,9,17-18H,5-8H2. The SMILES string of the molecule is O=C(c1cnc2ccccn2c1=O)N(CCO)CCO. The first kappa shape index (κ1) is 14.2. The molecule has 0 saturated carbocycles. The predicted molar refractivity (Wildman–Crippen MR) is 71.5 cm³/mol. The van der Waals surface area contributed by atoms with Crippen molar-refractivity contribution in [3.8, 4) is 0 Å². The number of nitrogens with zero attached hydrogens (tertiary/aromatic N) is 3. The Morgan fingerprint density at radius 1 is 1.25 bits per heavy atom. The van der Waals surface area contributed by atoms with Crippen LogP contribution in [0.1, 0.15) is 10.4 Å². The van der Waals surface area contributed by atoms with E-state index in [2.05, 4.69) is 4.98 Å². The van der Waals surface area contributed by atoms with E-state index in [0.29, 0.717) is 5.65 Å². The molecule has 0 aliphatic rings. The summed E-state index contributed by atoms with van der Waals surface area (Å²) in [7, 11) is 0. The molecule has 7 heteroatoms. The summed E-state index contributed by atoms with van der Waals surface area (Å²) in [6.45, 7) is -0.380. The van der Waals surface area contributed by atoms with Crippen molar-refractivity contribution in [2.45, 2.75) is 0 Å². The molecule has 2 aromatic heterocycles. The molecule has 20 heavy (non-hydrogen) atoms. The molecule has 0 bridgehead atoms. The minimum Gasteiger partial charge on any atom is -0.395 e. The van der Waals surface area contributed by atoms with Crippen LogP contribution in [-0.4, -0.2) is 56.7 Å². The summed E-state index contributed by atoms with van der Waals surface area (Å²) in [5, 5.41) is 17.9. The van der Waals surface area contributed by atoms with E-state index >= 15 is 0 Å². The van der Waals surface area contributed by atoms with Crippen LogP contribution in [0.5, 0.6) is 0 Å². The number of hydrogen-bond acceptors (Lipinski definition) is 5. The zero-order valence-corrected chi connectivity index (χ0v) is 10.8. The van der Waals surface area contributed by atoms with Crippen LogP contribution in [0.4, 0.5) is 0 Å². The van der Waals surface area contributed by atoms with Crippen molar-refractivity contribution >= 4 is 11.6 Å². The van der Waals surface area contributed by atoms with Gasteiger partial charge < -0.3 is 15.1 Å². The fourth-order valence-electron chi connectivity index (χ4n) is 1.90. The Bertz CT molecular complexity index is 662. The Balaban J connectivity index is 2.44. The summed E-state index contributed by atoms with van der Waals surface area (Å²) >= 11 is 0. The summed E-state index contributed by atoms with van der Waals surface area (Å²) in [5.41, 5.74) is -0.109. The zero-order valence-electron chi connectivity index (χ0n) is 10.8. The summed E-state index contributed by atoms with van der Waals surface area (Å²) in [4.78, 5) is 29.7. The normalized spacial score (nSPS) is 10.7. The van der Waals surface area contributed by atoms with E-state index in [1.807, 2.05) is 0 Å². The molecule has 1 amide bonds. The molecule has 106 valence electrons. The molecular weight excluding hydrogens is 262 g/mol. The number of rotatable bonds is 5. The van der Waals surface area contributed by atoms with Crippen LogP contribution in [0.25, 0.3) is 5.65 Å². The van der Waals surface area contributed by atoms with Gasteiger partial charge in [0.2, 0.25) is 0 Å². The Morgan fingerprint density at radius 3 is 2.60 bits per heavy atom. The van der Waals surface area contributed by atoms with Gasteiger partial charge in [-0.3, -0.25) is 14.0 Å². The van der Waals surface area contributed by atoms with Gasteiger partial charge >= 0.3 is 0 Å². The molecule has 0 fully saturated rings. The van der Waals surface area contributed by atoms with Crippen molar-refractivity contribution in [2.75, 3.05) is 26.3 Å². The highest BCUT2D eigenvalue weighted by molar-refractivity contribution is 5.93. The Hall–Kier alpha value is -2.25. The van der Waals surface area contributed by atoms with Gasteiger partial charge in [0.25, 0.3) is 11.5 Å². The van der Waals surface area contributed by atoms with E-state index in [-0.39, 0.29) is 31.9 Å². The van der Waals surface area contributed by atoms with Gasteiger partial charge in [-0.05, 0) is 12.1 Å². The molecule has 2 N–H and O–H groups in total. The summed E-state index contributed by atoms with van der Waals surface area (Å²) in [6.07, 6.45) is 2.76. The topological polar surface area (TPSA) is 95.1 Å². The lowest BCUT2D eigenvalue weighted by Crippen LogP contribution is -2.39. The molecule has 0 unspecified atom stereocenters. The van der Waals surface area contributed by atoms with Crippen molar-refractivity contribution < 1.29 is 15.0 Å². The Labute approximate surface area is 114 Å². The van der Waals surface area contributed by atoms with Crippen molar-refractivity contribution in [2.24, 2.45) is 0 Å². The molecule has 0 aliphatic heterocycles. The number of fused-ring (bicyclic) bond motifs is 1. The second-order valence-corrected chi connectivity index (χ2v) is 4.15. The number of carbonyl (C=O) groups excluding carboxylic acids is 1. The van der Waals surface area contributed by atoms with Crippen molar-refractivity contribution in [3.05, 3.63) is 46.5 Å². The van der Waals surface area contributed by atoms with Gasteiger partial charge in [0.15, 0.2) is 0 Å². The fourth-order valence-corrected chi connectivity index (χ4v) is 1.90. The van der Waals surface area contributed by atoms with Gasteiger partial charge in [-0.15, -0.1) is 0 Å². The van der Waals surface area contributed by atoms with E-state index in [4.69, 9.17) is 10.2 Å². The van der Waals surface area contributed by atoms with E-state index < -0.39 is 11.5 Å². The molecule has 2 aromatic rings.